The minimum atomic E-state index is 0.000390. The first kappa shape index (κ1) is 15.3. The van der Waals surface area contributed by atoms with Gasteiger partial charge in [-0.05, 0) is 23.8 Å². The van der Waals surface area contributed by atoms with Crippen molar-refractivity contribution in [2.45, 2.75) is 18.5 Å². The van der Waals surface area contributed by atoms with E-state index in [0.717, 1.165) is 34.2 Å². The molecule has 24 heavy (non-hydrogen) atoms. The minimum absolute atomic E-state index is 0.000390. The van der Waals surface area contributed by atoms with Gasteiger partial charge >= 0.3 is 0 Å². The number of nitrogens with one attached hydrogen (secondary N) is 3. The Kier molecular flexibility index (Phi) is 4.07. The number of halogens is 1. The lowest BCUT2D eigenvalue weighted by Gasteiger charge is -2.20. The first-order valence-electron chi connectivity index (χ1n) is 7.81. The number of aromatic amines is 1. The molecule has 0 aliphatic carbocycles. The van der Waals surface area contributed by atoms with Gasteiger partial charge in [0.2, 0.25) is 5.91 Å². The highest BCUT2D eigenvalue weighted by molar-refractivity contribution is 9.10. The number of benzene rings is 1. The molecule has 1 aliphatic rings. The number of imidazole rings is 1. The van der Waals surface area contributed by atoms with Gasteiger partial charge in [0.25, 0.3) is 0 Å². The zero-order valence-electron chi connectivity index (χ0n) is 12.9. The highest BCUT2D eigenvalue weighted by Crippen LogP contribution is 2.23. The second kappa shape index (κ2) is 6.37. The Morgan fingerprint density at radius 2 is 2.33 bits per heavy atom. The maximum Gasteiger partial charge on any atom is 0.224 e. The number of carbonyl (C=O) groups excluding carboxylic acids is 1. The van der Waals surface area contributed by atoms with Gasteiger partial charge in [-0.3, -0.25) is 9.48 Å². The summed E-state index contributed by atoms with van der Waals surface area (Å²) < 4.78 is 2.79. The maximum absolute atomic E-state index is 12.5. The van der Waals surface area contributed by atoms with Crippen LogP contribution in [0.3, 0.4) is 0 Å². The summed E-state index contributed by atoms with van der Waals surface area (Å²) in [7, 11) is 0. The van der Waals surface area contributed by atoms with Crippen LogP contribution in [0.2, 0.25) is 0 Å². The van der Waals surface area contributed by atoms with Crippen molar-refractivity contribution in [3.63, 3.8) is 0 Å². The van der Waals surface area contributed by atoms with Crippen molar-refractivity contribution in [2.24, 2.45) is 0 Å². The summed E-state index contributed by atoms with van der Waals surface area (Å²) in [5.74, 6) is 0.000390. The van der Waals surface area contributed by atoms with Crippen molar-refractivity contribution in [3.8, 4) is 0 Å². The molecule has 124 valence electrons. The SMILES string of the molecule is O=C(Cc1cc2[nH]cnc2cc1Br)N[C@@H]1CNC[C@@H]1n1cccn1. The Balaban J connectivity index is 1.46. The van der Waals surface area contributed by atoms with Crippen molar-refractivity contribution >= 4 is 32.9 Å². The van der Waals surface area contributed by atoms with E-state index in [9.17, 15) is 4.79 Å². The Labute approximate surface area is 147 Å². The molecule has 1 saturated heterocycles. The van der Waals surface area contributed by atoms with E-state index in [1.54, 1.807) is 12.5 Å². The molecule has 0 spiro atoms. The molecule has 3 N–H and O–H groups in total. The molecule has 2 atom stereocenters. The number of hydrogen-bond acceptors (Lipinski definition) is 4. The van der Waals surface area contributed by atoms with Crippen molar-refractivity contribution in [1.29, 1.82) is 0 Å². The van der Waals surface area contributed by atoms with Gasteiger partial charge in [-0.15, -0.1) is 0 Å². The minimum Gasteiger partial charge on any atom is -0.350 e. The summed E-state index contributed by atoms with van der Waals surface area (Å²) in [6.07, 6.45) is 5.66. The predicted octanol–water partition coefficient (Wildman–Crippen LogP) is 1.39. The molecule has 1 amide bonds. The topological polar surface area (TPSA) is 87.6 Å². The molecule has 0 saturated carbocycles. The van der Waals surface area contributed by atoms with E-state index in [-0.39, 0.29) is 18.0 Å². The van der Waals surface area contributed by atoms with Crippen molar-refractivity contribution < 1.29 is 4.79 Å². The van der Waals surface area contributed by atoms with Gasteiger partial charge in [0.1, 0.15) is 0 Å². The molecule has 1 aliphatic heterocycles. The summed E-state index contributed by atoms with van der Waals surface area (Å²) in [5, 5.41) is 10.7. The molecular weight excluding hydrogens is 372 g/mol. The summed E-state index contributed by atoms with van der Waals surface area (Å²) in [6, 6.07) is 5.96. The standard InChI is InChI=1S/C16H17BrN6O/c17-11-6-13-12(19-9-20-13)4-10(11)5-16(24)22-14-7-18-8-15(14)23-3-1-2-21-23/h1-4,6,9,14-15,18H,5,7-8H2,(H,19,20)(H,22,24)/t14-,15+/m1/s1. The number of carbonyl (C=O) groups is 1. The maximum atomic E-state index is 12.5. The molecule has 0 bridgehead atoms. The number of amides is 1. The quantitative estimate of drug-likeness (QED) is 0.630. The number of hydrogen-bond donors (Lipinski definition) is 3. The molecule has 7 nitrogen and oxygen atoms in total. The van der Waals surface area contributed by atoms with E-state index >= 15 is 0 Å². The van der Waals surface area contributed by atoms with Crippen LogP contribution >= 0.6 is 15.9 Å². The van der Waals surface area contributed by atoms with Crippen LogP contribution in [0.25, 0.3) is 11.0 Å². The van der Waals surface area contributed by atoms with Gasteiger partial charge in [-0.1, -0.05) is 15.9 Å². The lowest BCUT2D eigenvalue weighted by atomic mass is 10.1. The molecule has 2 aromatic heterocycles. The van der Waals surface area contributed by atoms with E-state index in [0.29, 0.717) is 6.42 Å². The van der Waals surface area contributed by atoms with Crippen molar-refractivity contribution in [1.82, 2.24) is 30.4 Å². The van der Waals surface area contributed by atoms with E-state index in [1.807, 2.05) is 29.1 Å². The smallest absolute Gasteiger partial charge is 0.224 e. The lowest BCUT2D eigenvalue weighted by Crippen LogP contribution is -2.42. The van der Waals surface area contributed by atoms with E-state index < -0.39 is 0 Å². The first-order valence-corrected chi connectivity index (χ1v) is 8.61. The van der Waals surface area contributed by atoms with Crippen LogP contribution in [0.4, 0.5) is 0 Å². The molecular formula is C16H17BrN6O. The third-order valence-electron chi connectivity index (χ3n) is 4.33. The molecule has 4 rings (SSSR count). The van der Waals surface area contributed by atoms with Crippen LogP contribution in [0.15, 0.2) is 41.4 Å². The van der Waals surface area contributed by atoms with Gasteiger partial charge in [-0.2, -0.15) is 5.10 Å². The van der Waals surface area contributed by atoms with Crippen LogP contribution in [0.1, 0.15) is 11.6 Å². The van der Waals surface area contributed by atoms with Gasteiger partial charge in [0.05, 0.1) is 35.9 Å². The molecule has 8 heteroatoms. The summed E-state index contributed by atoms with van der Waals surface area (Å²) in [6.45, 7) is 1.55. The Bertz CT molecular complexity index is 859. The third kappa shape index (κ3) is 2.94. The number of aromatic nitrogens is 4. The van der Waals surface area contributed by atoms with Gasteiger partial charge in [0, 0.05) is 30.0 Å². The first-order chi connectivity index (χ1) is 11.7. The third-order valence-corrected chi connectivity index (χ3v) is 5.07. The lowest BCUT2D eigenvalue weighted by molar-refractivity contribution is -0.121. The molecule has 0 radical (unpaired) electrons. The fourth-order valence-electron chi connectivity index (χ4n) is 3.13. The summed E-state index contributed by atoms with van der Waals surface area (Å²) in [4.78, 5) is 19.8. The summed E-state index contributed by atoms with van der Waals surface area (Å²) >= 11 is 3.53. The molecule has 1 fully saturated rings. The average molecular weight is 389 g/mol. The summed E-state index contributed by atoms with van der Waals surface area (Å²) in [5.41, 5.74) is 2.74. The second-order valence-corrected chi connectivity index (χ2v) is 6.78. The normalized spacial score (nSPS) is 20.5. The molecule has 0 unspecified atom stereocenters. The number of rotatable bonds is 4. The number of H-pyrrole nitrogens is 1. The molecule has 3 aromatic rings. The molecule has 3 heterocycles. The predicted molar refractivity (Wildman–Crippen MR) is 93.6 cm³/mol. The van der Waals surface area contributed by atoms with Crippen LogP contribution in [-0.2, 0) is 11.2 Å². The Hall–Kier alpha value is -2.19. The van der Waals surface area contributed by atoms with Crippen LogP contribution < -0.4 is 10.6 Å². The highest BCUT2D eigenvalue weighted by Gasteiger charge is 2.30. The zero-order valence-corrected chi connectivity index (χ0v) is 14.5. The van der Waals surface area contributed by atoms with Crippen LogP contribution in [0, 0.1) is 0 Å². The van der Waals surface area contributed by atoms with Gasteiger partial charge in [0.15, 0.2) is 0 Å². The number of nitrogens with zero attached hydrogens (tertiary/aromatic N) is 3. The zero-order chi connectivity index (χ0) is 16.5. The van der Waals surface area contributed by atoms with Crippen molar-refractivity contribution in [3.05, 3.63) is 47.0 Å². The van der Waals surface area contributed by atoms with E-state index in [2.05, 4.69) is 41.6 Å². The van der Waals surface area contributed by atoms with Crippen LogP contribution in [-0.4, -0.2) is 44.8 Å². The van der Waals surface area contributed by atoms with E-state index in [4.69, 9.17) is 0 Å². The monoisotopic (exact) mass is 388 g/mol. The Morgan fingerprint density at radius 3 is 3.17 bits per heavy atom. The fourth-order valence-corrected chi connectivity index (χ4v) is 3.61. The van der Waals surface area contributed by atoms with Crippen LogP contribution in [0.5, 0.6) is 0 Å². The number of fused-ring (bicyclic) bond motifs is 1. The Morgan fingerprint density at radius 1 is 1.42 bits per heavy atom. The second-order valence-electron chi connectivity index (χ2n) is 5.93. The van der Waals surface area contributed by atoms with E-state index in [1.165, 1.54) is 0 Å². The largest absolute Gasteiger partial charge is 0.350 e. The average Bonchev–Trinajstić information content (AvgIpc) is 3.27. The highest BCUT2D eigenvalue weighted by atomic mass is 79.9. The fraction of sp³-hybridized carbons (Fsp3) is 0.312. The van der Waals surface area contributed by atoms with Crippen molar-refractivity contribution in [2.75, 3.05) is 13.1 Å². The molecule has 1 aromatic carbocycles. The van der Waals surface area contributed by atoms with Gasteiger partial charge < -0.3 is 15.6 Å². The van der Waals surface area contributed by atoms with Gasteiger partial charge in [-0.25, -0.2) is 4.98 Å².